The van der Waals surface area contributed by atoms with Crippen molar-refractivity contribution in [3.63, 3.8) is 0 Å². The van der Waals surface area contributed by atoms with E-state index in [1.807, 2.05) is 12.1 Å². The number of piperidine rings is 1. The highest BCUT2D eigenvalue weighted by molar-refractivity contribution is 7.85. The second-order valence-corrected chi connectivity index (χ2v) is 12.0. The zero-order valence-corrected chi connectivity index (χ0v) is 23.0. The van der Waals surface area contributed by atoms with Crippen LogP contribution in [0.2, 0.25) is 0 Å². The van der Waals surface area contributed by atoms with Gasteiger partial charge in [0.25, 0.3) is 16.0 Å². The van der Waals surface area contributed by atoms with Crippen LogP contribution in [-0.4, -0.2) is 67.8 Å². The Morgan fingerprint density at radius 3 is 2.45 bits per heavy atom. The molecule has 1 saturated carbocycles. The number of aromatic nitrogens is 2. The number of ether oxygens (including phenoxy) is 2. The highest BCUT2D eigenvalue weighted by Crippen LogP contribution is 2.42. The minimum absolute atomic E-state index is 0.177. The van der Waals surface area contributed by atoms with Crippen molar-refractivity contribution in [3.8, 4) is 5.75 Å². The number of carbonyl (C=O) groups is 1. The zero-order valence-electron chi connectivity index (χ0n) is 22.2. The Balaban J connectivity index is 1.54. The number of aryl methyl sites for hydroxylation is 1. The summed E-state index contributed by atoms with van der Waals surface area (Å²) in [5.41, 5.74) is 0.816. The average molecular weight is 548 g/mol. The van der Waals surface area contributed by atoms with Gasteiger partial charge >= 0.3 is 0 Å². The fourth-order valence-electron chi connectivity index (χ4n) is 6.20. The number of hydrogen-bond donors (Lipinski definition) is 3. The molecule has 3 aliphatic rings. The molecule has 1 aromatic carbocycles. The highest BCUT2D eigenvalue weighted by Gasteiger charge is 2.47. The first-order chi connectivity index (χ1) is 18.1. The highest BCUT2D eigenvalue weighted by atomic mass is 32.2. The van der Waals surface area contributed by atoms with Gasteiger partial charge in [0.1, 0.15) is 22.9 Å². The number of amides is 1. The number of fused-ring (bicyclic) bond motifs is 1. The lowest BCUT2D eigenvalue weighted by molar-refractivity contribution is 0.0819. The number of nitrogens with one attached hydrogen (secondary N) is 2. The molecule has 11 nitrogen and oxygen atoms in total. The predicted octanol–water partition coefficient (Wildman–Crippen LogP) is 2.99. The molecule has 12 heteroatoms. The molecule has 2 aromatic rings. The van der Waals surface area contributed by atoms with Crippen molar-refractivity contribution in [3.05, 3.63) is 35.0 Å². The first kappa shape index (κ1) is 26.8. The summed E-state index contributed by atoms with van der Waals surface area (Å²) in [4.78, 5) is 15.9. The summed E-state index contributed by atoms with van der Waals surface area (Å²) in [5.74, 6) is -0.221. The minimum atomic E-state index is -4.53. The molecular formula is C26H37N5O6S. The molecule has 1 aromatic heterocycles. The van der Waals surface area contributed by atoms with Crippen LogP contribution in [0.15, 0.2) is 18.2 Å². The Hall–Kier alpha value is -2.83. The van der Waals surface area contributed by atoms with Crippen LogP contribution in [0.5, 0.6) is 5.75 Å². The molecule has 0 spiro atoms. The number of benzene rings is 1. The fourth-order valence-corrected chi connectivity index (χ4v) is 7.05. The van der Waals surface area contributed by atoms with Crippen LogP contribution in [0.1, 0.15) is 72.5 Å². The van der Waals surface area contributed by atoms with E-state index < -0.39 is 27.4 Å². The van der Waals surface area contributed by atoms with Gasteiger partial charge in [-0.1, -0.05) is 19.3 Å². The van der Waals surface area contributed by atoms with Crippen molar-refractivity contribution in [2.45, 2.75) is 62.6 Å². The molecule has 2 fully saturated rings. The summed E-state index contributed by atoms with van der Waals surface area (Å²) in [7, 11) is 0.429. The third kappa shape index (κ3) is 5.08. The molecule has 5 rings (SSSR count). The molecule has 1 saturated heterocycles. The second kappa shape index (κ2) is 10.4. The van der Waals surface area contributed by atoms with Gasteiger partial charge in [-0.2, -0.15) is 13.5 Å². The number of hydrogen-bond acceptors (Lipinski definition) is 8. The van der Waals surface area contributed by atoms with Crippen LogP contribution in [0.25, 0.3) is 0 Å². The lowest BCUT2D eigenvalue weighted by Crippen LogP contribution is -2.59. The van der Waals surface area contributed by atoms with Crippen LogP contribution in [0.3, 0.4) is 0 Å². The number of nitrogens with zero attached hydrogens (tertiary/aromatic N) is 3. The molecule has 1 amide bonds. The Bertz CT molecular complexity index is 1300. The van der Waals surface area contributed by atoms with E-state index in [-0.39, 0.29) is 12.0 Å². The molecule has 208 valence electrons. The van der Waals surface area contributed by atoms with Gasteiger partial charge in [-0.3, -0.25) is 14.0 Å². The van der Waals surface area contributed by atoms with Gasteiger partial charge in [-0.05, 0) is 37.8 Å². The molecule has 0 bridgehead atoms. The fraction of sp³-hybridized carbons (Fsp3) is 0.615. The van der Waals surface area contributed by atoms with Crippen molar-refractivity contribution in [2.24, 2.45) is 7.05 Å². The number of methoxy groups -OCH3 is 2. The molecule has 38 heavy (non-hydrogen) atoms. The Morgan fingerprint density at radius 1 is 1.11 bits per heavy atom. The lowest BCUT2D eigenvalue weighted by Gasteiger charge is -2.40. The van der Waals surface area contributed by atoms with Crippen molar-refractivity contribution in [1.82, 2.24) is 15.1 Å². The third-order valence-electron chi connectivity index (χ3n) is 8.14. The molecule has 0 radical (unpaired) electrons. The van der Waals surface area contributed by atoms with Gasteiger partial charge in [0.15, 0.2) is 5.66 Å². The molecular weight excluding hydrogens is 510 g/mol. The minimum Gasteiger partial charge on any atom is -0.496 e. The van der Waals surface area contributed by atoms with E-state index in [4.69, 9.17) is 9.47 Å². The lowest BCUT2D eigenvalue weighted by atomic mass is 9.84. The van der Waals surface area contributed by atoms with Gasteiger partial charge in [0.2, 0.25) is 0 Å². The molecule has 1 unspecified atom stereocenters. The number of anilines is 2. The number of carbonyl (C=O) groups excluding carboxylic acids is 1. The molecule has 3 heterocycles. The van der Waals surface area contributed by atoms with Crippen LogP contribution < -0.4 is 20.3 Å². The molecule has 2 aliphatic heterocycles. The van der Waals surface area contributed by atoms with Crippen LogP contribution in [-0.2, 0) is 27.6 Å². The van der Waals surface area contributed by atoms with Gasteiger partial charge in [-0.15, -0.1) is 0 Å². The topological polar surface area (TPSA) is 135 Å². The van der Waals surface area contributed by atoms with Gasteiger partial charge in [0.05, 0.1) is 18.9 Å². The van der Waals surface area contributed by atoms with E-state index in [0.29, 0.717) is 22.7 Å². The second-order valence-electron chi connectivity index (χ2n) is 10.6. The van der Waals surface area contributed by atoms with Gasteiger partial charge in [-0.25, -0.2) is 0 Å². The van der Waals surface area contributed by atoms with Crippen LogP contribution >= 0.6 is 0 Å². The van der Waals surface area contributed by atoms with Crippen molar-refractivity contribution >= 4 is 27.5 Å². The first-order valence-electron chi connectivity index (χ1n) is 13.2. The molecule has 1 aliphatic carbocycles. The van der Waals surface area contributed by atoms with Crippen molar-refractivity contribution in [1.29, 1.82) is 0 Å². The maximum absolute atomic E-state index is 13.7. The van der Waals surface area contributed by atoms with E-state index in [2.05, 4.69) is 20.6 Å². The summed E-state index contributed by atoms with van der Waals surface area (Å²) in [6.07, 6.45) is 7.31. The maximum atomic E-state index is 13.7. The molecule has 1 atom stereocenters. The van der Waals surface area contributed by atoms with Gasteiger partial charge in [0, 0.05) is 50.5 Å². The number of rotatable bonds is 7. The van der Waals surface area contributed by atoms with E-state index in [0.717, 1.165) is 63.0 Å². The van der Waals surface area contributed by atoms with Crippen molar-refractivity contribution in [2.75, 3.05) is 43.3 Å². The zero-order chi connectivity index (χ0) is 27.1. The van der Waals surface area contributed by atoms with E-state index in [9.17, 15) is 17.8 Å². The Kier molecular flexibility index (Phi) is 7.31. The average Bonchev–Trinajstić information content (AvgIpc) is 3.24. The monoisotopic (exact) mass is 547 g/mol. The van der Waals surface area contributed by atoms with E-state index >= 15 is 0 Å². The summed E-state index contributed by atoms with van der Waals surface area (Å²) < 4.78 is 47.4. The first-order valence-corrected chi connectivity index (χ1v) is 14.8. The SMILES string of the molecule is COc1cc(N2CCC(OC)CC2)ccc1C1(CS(=O)(=O)O)NC(=O)c2c(C3CCCCC3)nn(C)c2N1. The Labute approximate surface area is 223 Å². The summed E-state index contributed by atoms with van der Waals surface area (Å²) in [6.45, 7) is 1.63. The largest absolute Gasteiger partial charge is 0.496 e. The smallest absolute Gasteiger partial charge is 0.269 e. The van der Waals surface area contributed by atoms with E-state index in [1.54, 1.807) is 24.9 Å². The van der Waals surface area contributed by atoms with Gasteiger partial charge < -0.3 is 25.0 Å². The van der Waals surface area contributed by atoms with Crippen LogP contribution in [0.4, 0.5) is 11.5 Å². The quantitative estimate of drug-likeness (QED) is 0.447. The van der Waals surface area contributed by atoms with Crippen molar-refractivity contribution < 1.29 is 27.2 Å². The normalized spacial score (nSPS) is 23.1. The predicted molar refractivity (Wildman–Crippen MR) is 143 cm³/mol. The summed E-state index contributed by atoms with van der Waals surface area (Å²) >= 11 is 0. The maximum Gasteiger partial charge on any atom is 0.269 e. The summed E-state index contributed by atoms with van der Waals surface area (Å²) in [6, 6.07) is 5.48. The van der Waals surface area contributed by atoms with E-state index in [1.165, 1.54) is 13.5 Å². The Morgan fingerprint density at radius 2 is 1.82 bits per heavy atom. The molecule has 3 N–H and O–H groups in total. The summed E-state index contributed by atoms with van der Waals surface area (Å²) in [5, 5.41) is 10.8. The standard InChI is InChI=1S/C26H37N5O6S/c1-30-24-22(23(29-30)17-7-5-4-6-8-17)25(32)28-26(27-24,16-38(33,34)35)20-10-9-18(15-21(20)37-3)31-13-11-19(36-2)12-14-31/h9-10,15,17,19,27H,4-8,11-14,16H2,1-3H3,(H,28,32)(H,33,34,35). The van der Waals surface area contributed by atoms with Crippen LogP contribution in [0, 0.1) is 0 Å². The third-order valence-corrected chi connectivity index (χ3v) is 8.93.